The molecule has 0 fully saturated rings. The van der Waals surface area contributed by atoms with E-state index < -0.39 is 0 Å². The summed E-state index contributed by atoms with van der Waals surface area (Å²) in [5, 5.41) is 12.1. The van der Waals surface area contributed by atoms with Gasteiger partial charge in [0.1, 0.15) is 5.75 Å². The topological polar surface area (TPSA) is 84.6 Å². The zero-order chi connectivity index (χ0) is 14.3. The van der Waals surface area contributed by atoms with Crippen LogP contribution >= 0.6 is 0 Å². The molecule has 0 saturated heterocycles. The van der Waals surface area contributed by atoms with E-state index in [4.69, 9.17) is 10.5 Å². The van der Waals surface area contributed by atoms with E-state index in [1.165, 1.54) is 12.1 Å². The first-order valence-corrected chi connectivity index (χ1v) is 6.45. The number of hydrogen-bond donors (Lipinski definition) is 3. The second-order valence-electron chi connectivity index (χ2n) is 4.82. The summed E-state index contributed by atoms with van der Waals surface area (Å²) < 4.78 is 5.39. The molecule has 5 heteroatoms. The molecule has 0 aliphatic rings. The maximum atomic E-state index is 11.7. The summed E-state index contributed by atoms with van der Waals surface area (Å²) in [6, 6.07) is 4.43. The molecule has 0 aromatic heterocycles. The van der Waals surface area contributed by atoms with E-state index in [1.54, 1.807) is 6.07 Å². The van der Waals surface area contributed by atoms with Crippen molar-refractivity contribution in [2.75, 3.05) is 25.5 Å². The highest BCUT2D eigenvalue weighted by atomic mass is 16.5. The number of hydrogen-bond acceptors (Lipinski definition) is 4. The second-order valence-corrected chi connectivity index (χ2v) is 4.82. The van der Waals surface area contributed by atoms with E-state index in [0.29, 0.717) is 31.2 Å². The van der Waals surface area contributed by atoms with Crippen LogP contribution in [0.25, 0.3) is 0 Å². The Labute approximate surface area is 113 Å². The van der Waals surface area contributed by atoms with Crippen LogP contribution in [0.3, 0.4) is 0 Å². The van der Waals surface area contributed by atoms with Crippen LogP contribution in [0.1, 0.15) is 30.6 Å². The van der Waals surface area contributed by atoms with Gasteiger partial charge < -0.3 is 20.9 Å². The highest BCUT2D eigenvalue weighted by molar-refractivity contribution is 5.95. The first-order chi connectivity index (χ1) is 9.00. The lowest BCUT2D eigenvalue weighted by Gasteiger charge is -2.08. The minimum Gasteiger partial charge on any atom is -0.506 e. The predicted octanol–water partition coefficient (Wildman–Crippen LogP) is 1.77. The molecule has 0 saturated carbocycles. The Morgan fingerprint density at radius 1 is 1.42 bits per heavy atom. The van der Waals surface area contributed by atoms with Crippen LogP contribution in [-0.4, -0.2) is 30.8 Å². The van der Waals surface area contributed by atoms with Gasteiger partial charge in [-0.1, -0.05) is 13.8 Å². The minimum absolute atomic E-state index is 0.0826. The monoisotopic (exact) mass is 266 g/mol. The summed E-state index contributed by atoms with van der Waals surface area (Å²) in [5.74, 6) is 0.288. The number of carbonyl (C=O) groups is 1. The van der Waals surface area contributed by atoms with Crippen molar-refractivity contribution in [1.29, 1.82) is 0 Å². The molecule has 1 rings (SSSR count). The van der Waals surface area contributed by atoms with Crippen LogP contribution < -0.4 is 11.1 Å². The van der Waals surface area contributed by atoms with Crippen molar-refractivity contribution in [2.45, 2.75) is 20.3 Å². The third-order valence-electron chi connectivity index (χ3n) is 2.66. The molecule has 0 radical (unpaired) electrons. The van der Waals surface area contributed by atoms with Crippen LogP contribution in [0, 0.1) is 5.92 Å². The zero-order valence-electron chi connectivity index (χ0n) is 11.5. The van der Waals surface area contributed by atoms with E-state index in [9.17, 15) is 9.90 Å². The Kier molecular flexibility index (Phi) is 6.15. The summed E-state index contributed by atoms with van der Waals surface area (Å²) in [6.07, 6.45) is 1.01. The van der Waals surface area contributed by atoms with Crippen LogP contribution in [0.2, 0.25) is 0 Å². The second kappa shape index (κ2) is 7.63. The molecule has 4 N–H and O–H groups in total. The highest BCUT2D eigenvalue weighted by Gasteiger charge is 2.07. The van der Waals surface area contributed by atoms with Crippen LogP contribution in [0.15, 0.2) is 18.2 Å². The van der Waals surface area contributed by atoms with Gasteiger partial charge in [-0.05, 0) is 30.5 Å². The van der Waals surface area contributed by atoms with Gasteiger partial charge in [-0.25, -0.2) is 0 Å². The van der Waals surface area contributed by atoms with Gasteiger partial charge in [0.25, 0.3) is 5.91 Å². The highest BCUT2D eigenvalue weighted by Crippen LogP contribution is 2.20. The molecule has 0 aliphatic heterocycles. The number of carbonyl (C=O) groups excluding carboxylic acids is 1. The minimum atomic E-state index is -0.247. The van der Waals surface area contributed by atoms with Gasteiger partial charge in [-0.3, -0.25) is 4.79 Å². The first-order valence-electron chi connectivity index (χ1n) is 6.45. The van der Waals surface area contributed by atoms with Crippen molar-refractivity contribution in [3.8, 4) is 5.75 Å². The molecule has 106 valence electrons. The van der Waals surface area contributed by atoms with Crippen molar-refractivity contribution in [3.05, 3.63) is 23.8 Å². The Morgan fingerprint density at radius 2 is 2.16 bits per heavy atom. The first kappa shape index (κ1) is 15.3. The molecule has 0 aliphatic carbocycles. The molecule has 0 unspecified atom stereocenters. The fourth-order valence-electron chi connectivity index (χ4n) is 1.44. The Hall–Kier alpha value is -1.75. The molecule has 0 spiro atoms. The SMILES string of the molecule is CC(C)CCOCCNC(=O)c1ccc(N)c(O)c1. The number of nitrogen functional groups attached to an aromatic ring is 1. The standard InChI is InChI=1S/C14H22N2O3/c1-10(2)5-7-19-8-6-16-14(18)11-3-4-12(15)13(17)9-11/h3-4,9-10,17H,5-8,15H2,1-2H3,(H,16,18). The smallest absolute Gasteiger partial charge is 0.251 e. The van der Waals surface area contributed by atoms with Gasteiger partial charge in [-0.2, -0.15) is 0 Å². The molecular weight excluding hydrogens is 244 g/mol. The molecule has 1 amide bonds. The van der Waals surface area contributed by atoms with E-state index in [0.717, 1.165) is 6.42 Å². The van der Waals surface area contributed by atoms with E-state index in [1.807, 2.05) is 0 Å². The molecule has 0 atom stereocenters. The summed E-state index contributed by atoms with van der Waals surface area (Å²) >= 11 is 0. The van der Waals surface area contributed by atoms with Crippen LogP contribution in [0.4, 0.5) is 5.69 Å². The predicted molar refractivity (Wildman–Crippen MR) is 75.1 cm³/mol. The Balaban J connectivity index is 2.26. The molecular formula is C14H22N2O3. The van der Waals surface area contributed by atoms with Gasteiger partial charge in [0.2, 0.25) is 0 Å². The van der Waals surface area contributed by atoms with E-state index in [-0.39, 0.29) is 17.3 Å². The van der Waals surface area contributed by atoms with Crippen molar-refractivity contribution in [3.63, 3.8) is 0 Å². The van der Waals surface area contributed by atoms with Crippen molar-refractivity contribution in [2.24, 2.45) is 5.92 Å². The number of amides is 1. The lowest BCUT2D eigenvalue weighted by molar-refractivity contribution is 0.0905. The number of phenols is 1. The van der Waals surface area contributed by atoms with Gasteiger partial charge in [0.05, 0.1) is 12.3 Å². The summed E-state index contributed by atoms with van der Waals surface area (Å²) in [7, 11) is 0. The van der Waals surface area contributed by atoms with Crippen molar-refractivity contribution < 1.29 is 14.6 Å². The number of nitrogens with one attached hydrogen (secondary N) is 1. The maximum Gasteiger partial charge on any atom is 0.251 e. The van der Waals surface area contributed by atoms with Crippen LogP contribution in [-0.2, 0) is 4.74 Å². The normalized spacial score (nSPS) is 10.7. The number of benzene rings is 1. The van der Waals surface area contributed by atoms with E-state index >= 15 is 0 Å². The van der Waals surface area contributed by atoms with Crippen LogP contribution in [0.5, 0.6) is 5.75 Å². The van der Waals surface area contributed by atoms with Gasteiger partial charge in [0.15, 0.2) is 0 Å². The molecule has 5 nitrogen and oxygen atoms in total. The third kappa shape index (κ3) is 5.61. The van der Waals surface area contributed by atoms with Gasteiger partial charge in [0, 0.05) is 18.7 Å². The molecule has 1 aromatic carbocycles. The van der Waals surface area contributed by atoms with Crippen molar-refractivity contribution >= 4 is 11.6 Å². The third-order valence-corrected chi connectivity index (χ3v) is 2.66. The maximum absolute atomic E-state index is 11.7. The number of nitrogens with two attached hydrogens (primary N) is 1. The Bertz CT molecular complexity index is 419. The molecule has 0 heterocycles. The quantitative estimate of drug-likeness (QED) is 0.399. The Morgan fingerprint density at radius 3 is 2.79 bits per heavy atom. The fraction of sp³-hybridized carbons (Fsp3) is 0.500. The van der Waals surface area contributed by atoms with Gasteiger partial charge >= 0.3 is 0 Å². The fourth-order valence-corrected chi connectivity index (χ4v) is 1.44. The number of aromatic hydroxyl groups is 1. The number of anilines is 1. The summed E-state index contributed by atoms with van der Waals surface area (Å²) in [5.41, 5.74) is 6.11. The average molecular weight is 266 g/mol. The zero-order valence-corrected chi connectivity index (χ0v) is 11.5. The average Bonchev–Trinajstić information content (AvgIpc) is 2.36. The van der Waals surface area contributed by atoms with Gasteiger partial charge in [-0.15, -0.1) is 0 Å². The molecule has 19 heavy (non-hydrogen) atoms. The molecule has 0 bridgehead atoms. The lowest BCUT2D eigenvalue weighted by Crippen LogP contribution is -2.27. The largest absolute Gasteiger partial charge is 0.506 e. The van der Waals surface area contributed by atoms with Crippen molar-refractivity contribution in [1.82, 2.24) is 5.32 Å². The lowest BCUT2D eigenvalue weighted by atomic mass is 10.1. The van der Waals surface area contributed by atoms with E-state index in [2.05, 4.69) is 19.2 Å². The number of phenolic OH excluding ortho intramolecular Hbond substituents is 1. The summed E-state index contributed by atoms with van der Waals surface area (Å²) in [6.45, 7) is 5.91. The summed E-state index contributed by atoms with van der Waals surface area (Å²) in [4.78, 5) is 11.7. The number of rotatable bonds is 7. The molecule has 1 aromatic rings. The number of ether oxygens (including phenoxy) is 1.